The van der Waals surface area contributed by atoms with Crippen molar-refractivity contribution in [3.63, 3.8) is 0 Å². The number of hydrogen-bond donors (Lipinski definition) is 1. The Kier molecular flexibility index (Phi) is 5.56. The quantitative estimate of drug-likeness (QED) is 0.443. The molecule has 1 fully saturated rings. The van der Waals surface area contributed by atoms with Crippen LogP contribution < -0.4 is 10.5 Å². The average molecular weight is 469 g/mol. The molecule has 5 rings (SSSR count). The van der Waals surface area contributed by atoms with Gasteiger partial charge in [-0.15, -0.1) is 0 Å². The third kappa shape index (κ3) is 4.38. The Morgan fingerprint density at radius 3 is 2.38 bits per heavy atom. The number of likely N-dealkylation sites (tertiary alicyclic amines) is 1. The highest BCUT2D eigenvalue weighted by atomic mass is 19.3. The summed E-state index contributed by atoms with van der Waals surface area (Å²) in [4.78, 5) is 18.8. The number of rotatable bonds is 7. The third-order valence-corrected chi connectivity index (χ3v) is 5.52. The number of benzene rings is 1. The molecule has 34 heavy (non-hydrogen) atoms. The van der Waals surface area contributed by atoms with Crippen molar-refractivity contribution in [2.24, 2.45) is 0 Å². The van der Waals surface area contributed by atoms with E-state index in [0.717, 1.165) is 17.3 Å². The molecule has 2 N–H and O–H groups in total. The Bertz CT molecular complexity index is 1330. The van der Waals surface area contributed by atoms with Gasteiger partial charge in [0.1, 0.15) is 11.6 Å². The van der Waals surface area contributed by atoms with Gasteiger partial charge in [0, 0.05) is 18.3 Å². The van der Waals surface area contributed by atoms with E-state index in [1.807, 2.05) is 31.2 Å². The number of imidazole rings is 1. The van der Waals surface area contributed by atoms with E-state index in [-0.39, 0.29) is 24.9 Å². The lowest BCUT2D eigenvalue weighted by Gasteiger charge is -2.38. The zero-order valence-corrected chi connectivity index (χ0v) is 18.4. The van der Waals surface area contributed by atoms with E-state index < -0.39 is 11.7 Å². The van der Waals surface area contributed by atoms with Gasteiger partial charge >= 0.3 is 6.01 Å². The number of fused-ring (bicyclic) bond motifs is 1. The summed E-state index contributed by atoms with van der Waals surface area (Å²) in [7, 11) is 0. The predicted molar refractivity (Wildman–Crippen MR) is 120 cm³/mol. The van der Waals surface area contributed by atoms with E-state index in [1.165, 1.54) is 12.3 Å². The zero-order valence-electron chi connectivity index (χ0n) is 18.4. The first-order valence-electron chi connectivity index (χ1n) is 10.8. The van der Waals surface area contributed by atoms with Gasteiger partial charge in [-0.25, -0.2) is 18.2 Å². The van der Waals surface area contributed by atoms with Crippen LogP contribution in [0.2, 0.25) is 0 Å². The van der Waals surface area contributed by atoms with Gasteiger partial charge in [0.05, 0.1) is 32.4 Å². The highest BCUT2D eigenvalue weighted by Gasteiger charge is 2.43. The molecule has 1 aromatic carbocycles. The van der Waals surface area contributed by atoms with Crippen LogP contribution in [0, 0.1) is 5.82 Å². The monoisotopic (exact) mass is 469 g/mol. The van der Waals surface area contributed by atoms with Gasteiger partial charge in [-0.2, -0.15) is 9.97 Å². The summed E-state index contributed by atoms with van der Waals surface area (Å²) in [6.45, 7) is 2.56. The van der Waals surface area contributed by atoms with Crippen molar-refractivity contribution in [3.8, 4) is 17.4 Å². The summed E-state index contributed by atoms with van der Waals surface area (Å²) in [5.41, 5.74) is 9.26. The summed E-state index contributed by atoms with van der Waals surface area (Å²) >= 11 is 0. The summed E-state index contributed by atoms with van der Waals surface area (Å²) in [5, 5.41) is 0. The van der Waals surface area contributed by atoms with Gasteiger partial charge in [0.15, 0.2) is 17.0 Å². The van der Waals surface area contributed by atoms with Crippen molar-refractivity contribution in [1.82, 2.24) is 29.4 Å². The van der Waals surface area contributed by atoms with Gasteiger partial charge in [-0.05, 0) is 24.1 Å². The van der Waals surface area contributed by atoms with Crippen molar-refractivity contribution >= 4 is 17.0 Å². The number of anilines is 1. The lowest BCUT2D eigenvalue weighted by molar-refractivity contribution is -0.133. The van der Waals surface area contributed by atoms with Crippen molar-refractivity contribution in [1.29, 1.82) is 0 Å². The molecule has 8 nitrogen and oxygen atoms in total. The minimum absolute atomic E-state index is 0.124. The molecule has 0 saturated carbocycles. The summed E-state index contributed by atoms with van der Waals surface area (Å²) in [5.74, 6) is -2.50. The van der Waals surface area contributed by atoms with Crippen molar-refractivity contribution in [3.05, 3.63) is 59.7 Å². The fourth-order valence-corrected chi connectivity index (χ4v) is 4.01. The maximum atomic E-state index is 13.9. The van der Waals surface area contributed by atoms with Crippen molar-refractivity contribution in [2.45, 2.75) is 25.9 Å². The normalized spacial score (nSPS) is 15.4. The molecule has 4 aromatic rings. The number of aromatic nitrogens is 5. The van der Waals surface area contributed by atoms with E-state index in [9.17, 15) is 13.2 Å². The molecule has 1 aliphatic heterocycles. The number of nitrogen functional groups attached to an aromatic ring is 1. The van der Waals surface area contributed by atoms with Crippen LogP contribution in [0.1, 0.15) is 18.1 Å². The van der Waals surface area contributed by atoms with Crippen LogP contribution in [0.25, 0.3) is 22.6 Å². The number of nitrogens with zero attached hydrogens (tertiary/aromatic N) is 6. The van der Waals surface area contributed by atoms with Crippen LogP contribution >= 0.6 is 0 Å². The summed E-state index contributed by atoms with van der Waals surface area (Å²) in [6.07, 6.45) is 2.63. The SMILES string of the molecule is CCOc1nc(N)c2nc(-c3cncc(F)c3)n(Cc3ccc(CN4CC(F)(F)C4)cc3)c2n1. The molecule has 4 heterocycles. The number of ether oxygens (including phenoxy) is 1. The lowest BCUT2D eigenvalue weighted by Crippen LogP contribution is -2.55. The first kappa shape index (κ1) is 22.1. The molecule has 1 saturated heterocycles. The summed E-state index contributed by atoms with van der Waals surface area (Å²) in [6, 6.07) is 9.11. The smallest absolute Gasteiger partial charge is 0.320 e. The molecule has 11 heteroatoms. The highest BCUT2D eigenvalue weighted by molar-refractivity contribution is 5.85. The first-order valence-corrected chi connectivity index (χ1v) is 10.8. The van der Waals surface area contributed by atoms with Crippen LogP contribution in [-0.2, 0) is 13.1 Å². The molecule has 0 atom stereocenters. The van der Waals surface area contributed by atoms with Crippen LogP contribution in [0.3, 0.4) is 0 Å². The van der Waals surface area contributed by atoms with Crippen LogP contribution in [0.15, 0.2) is 42.7 Å². The largest absolute Gasteiger partial charge is 0.464 e. The Morgan fingerprint density at radius 2 is 1.74 bits per heavy atom. The summed E-state index contributed by atoms with van der Waals surface area (Å²) < 4.78 is 47.4. The maximum Gasteiger partial charge on any atom is 0.320 e. The van der Waals surface area contributed by atoms with Crippen molar-refractivity contribution < 1.29 is 17.9 Å². The van der Waals surface area contributed by atoms with Crippen LogP contribution in [-0.4, -0.2) is 55.0 Å². The Labute approximate surface area is 193 Å². The number of halogens is 3. The highest BCUT2D eigenvalue weighted by Crippen LogP contribution is 2.30. The molecule has 176 valence electrons. The number of hydrogen-bond acceptors (Lipinski definition) is 7. The lowest BCUT2D eigenvalue weighted by atomic mass is 10.1. The van der Waals surface area contributed by atoms with Gasteiger partial charge in [-0.3, -0.25) is 9.88 Å². The van der Waals surface area contributed by atoms with Gasteiger partial charge in [0.25, 0.3) is 5.92 Å². The van der Waals surface area contributed by atoms with Gasteiger partial charge < -0.3 is 15.0 Å². The average Bonchev–Trinajstić information content (AvgIpc) is 3.13. The van der Waals surface area contributed by atoms with Crippen molar-refractivity contribution in [2.75, 3.05) is 25.4 Å². The molecule has 0 spiro atoms. The van der Waals surface area contributed by atoms with Crippen LogP contribution in [0.5, 0.6) is 6.01 Å². The second-order valence-corrected chi connectivity index (χ2v) is 8.23. The van der Waals surface area contributed by atoms with Gasteiger partial charge in [0.2, 0.25) is 0 Å². The number of pyridine rings is 1. The second-order valence-electron chi connectivity index (χ2n) is 8.23. The number of alkyl halides is 2. The van der Waals surface area contributed by atoms with E-state index in [0.29, 0.717) is 42.2 Å². The molecular formula is C23H22F3N7O. The molecular weight excluding hydrogens is 447 g/mol. The molecule has 0 bridgehead atoms. The van der Waals surface area contributed by atoms with Gasteiger partial charge in [-0.1, -0.05) is 24.3 Å². The second kappa shape index (κ2) is 8.56. The molecule has 3 aromatic heterocycles. The first-order chi connectivity index (χ1) is 16.3. The third-order valence-electron chi connectivity index (χ3n) is 5.52. The van der Waals surface area contributed by atoms with Crippen LogP contribution in [0.4, 0.5) is 19.0 Å². The minimum atomic E-state index is -2.59. The predicted octanol–water partition coefficient (Wildman–Crippen LogP) is 3.51. The van der Waals surface area contributed by atoms with E-state index in [4.69, 9.17) is 10.5 Å². The molecule has 0 aliphatic carbocycles. The fourth-order valence-electron chi connectivity index (χ4n) is 4.01. The van der Waals surface area contributed by atoms with E-state index in [2.05, 4.69) is 19.9 Å². The topological polar surface area (TPSA) is 95.0 Å². The minimum Gasteiger partial charge on any atom is -0.464 e. The number of nitrogens with two attached hydrogens (primary N) is 1. The van der Waals surface area contributed by atoms with E-state index >= 15 is 0 Å². The molecule has 0 unspecified atom stereocenters. The fraction of sp³-hybridized carbons (Fsp3) is 0.304. The standard InChI is InChI=1S/C23H22F3N7O/c1-2-34-22-30-19(27)18-21(31-22)33(20(29-18)16-7-17(24)9-28-8-16)11-15-5-3-14(4-6-15)10-32-12-23(25,26)13-32/h3-9H,2,10-13H2,1H3,(H2,27,30,31). The Balaban J connectivity index is 1.50. The maximum absolute atomic E-state index is 13.9. The Hall–Kier alpha value is -3.73. The molecule has 0 radical (unpaired) electrons. The zero-order chi connectivity index (χ0) is 23.9. The Morgan fingerprint density at radius 1 is 1.03 bits per heavy atom. The van der Waals surface area contributed by atoms with E-state index in [1.54, 1.807) is 9.47 Å². The molecule has 0 amide bonds. The molecule has 1 aliphatic rings.